The fraction of sp³-hybridized carbons (Fsp3) is 0.125. The van der Waals surface area contributed by atoms with Gasteiger partial charge < -0.3 is 15.2 Å². The Bertz CT molecular complexity index is 824. The number of ether oxygens (including phenoxy) is 1. The van der Waals surface area contributed by atoms with E-state index in [1.807, 2.05) is 0 Å². The quantitative estimate of drug-likeness (QED) is 0.868. The highest BCUT2D eigenvalue weighted by atomic mass is 35.5. The van der Waals surface area contributed by atoms with Crippen LogP contribution in [0.5, 0.6) is 5.75 Å². The molecule has 0 fully saturated rings. The van der Waals surface area contributed by atoms with Crippen molar-refractivity contribution in [3.8, 4) is 5.75 Å². The second-order valence-corrected chi connectivity index (χ2v) is 5.91. The number of carboxylic acid groups (broad SMARTS) is 1. The molecule has 0 radical (unpaired) electrons. The van der Waals surface area contributed by atoms with Gasteiger partial charge in [0.25, 0.3) is 5.91 Å². The number of carboxylic acids is 1. The van der Waals surface area contributed by atoms with Gasteiger partial charge in [0, 0.05) is 10.7 Å². The van der Waals surface area contributed by atoms with Gasteiger partial charge in [-0.05, 0) is 36.4 Å². The Morgan fingerprint density at radius 3 is 2.50 bits per heavy atom. The zero-order chi connectivity index (χ0) is 17.4. The van der Waals surface area contributed by atoms with Crippen molar-refractivity contribution in [2.75, 3.05) is 17.3 Å². The van der Waals surface area contributed by atoms with Gasteiger partial charge in [0.05, 0.1) is 23.4 Å². The molecule has 24 heavy (non-hydrogen) atoms. The van der Waals surface area contributed by atoms with Gasteiger partial charge in [0.1, 0.15) is 5.75 Å². The zero-order valence-corrected chi connectivity index (χ0v) is 13.9. The zero-order valence-electron chi connectivity index (χ0n) is 12.4. The normalized spacial score (nSPS) is 16.4. The molecule has 2 aromatic carbocycles. The minimum atomic E-state index is -1.28. The lowest BCUT2D eigenvalue weighted by molar-refractivity contribution is -0.137. The summed E-state index contributed by atoms with van der Waals surface area (Å²) in [7, 11) is 1.52. The molecule has 124 valence electrons. The summed E-state index contributed by atoms with van der Waals surface area (Å²) in [5.74, 6) is -1.14. The minimum absolute atomic E-state index is 0.150. The summed E-state index contributed by atoms with van der Waals surface area (Å²) in [6, 6.07) is 9.39. The summed E-state index contributed by atoms with van der Waals surface area (Å²) < 4.78 is 5.08. The first-order valence-corrected chi connectivity index (χ1v) is 7.64. The van der Waals surface area contributed by atoms with E-state index in [9.17, 15) is 14.7 Å². The molecular weight excluding hydrogens is 355 g/mol. The van der Waals surface area contributed by atoms with Crippen LogP contribution in [0.25, 0.3) is 0 Å². The number of anilines is 2. The lowest BCUT2D eigenvalue weighted by atomic mass is 10.1. The van der Waals surface area contributed by atoms with Crippen LogP contribution in [0.4, 0.5) is 11.4 Å². The number of carbonyl (C=O) groups is 2. The first-order chi connectivity index (χ1) is 11.4. The van der Waals surface area contributed by atoms with E-state index < -0.39 is 18.0 Å². The minimum Gasteiger partial charge on any atom is -0.497 e. The third kappa shape index (κ3) is 2.74. The Morgan fingerprint density at radius 2 is 1.92 bits per heavy atom. The van der Waals surface area contributed by atoms with Gasteiger partial charge in [-0.1, -0.05) is 23.2 Å². The summed E-state index contributed by atoms with van der Waals surface area (Å²) >= 11 is 12.1. The second-order valence-electron chi connectivity index (χ2n) is 5.07. The van der Waals surface area contributed by atoms with Crippen molar-refractivity contribution in [1.82, 2.24) is 0 Å². The number of nitrogens with zero attached hydrogens (tertiary/aromatic N) is 1. The van der Waals surface area contributed by atoms with Crippen molar-refractivity contribution in [3.63, 3.8) is 0 Å². The van der Waals surface area contributed by atoms with Gasteiger partial charge in [-0.3, -0.25) is 9.69 Å². The van der Waals surface area contributed by atoms with Gasteiger partial charge in [-0.2, -0.15) is 0 Å². The summed E-state index contributed by atoms with van der Waals surface area (Å²) in [4.78, 5) is 25.7. The molecule has 1 aliphatic rings. The fourth-order valence-electron chi connectivity index (χ4n) is 2.54. The molecule has 0 saturated heterocycles. The fourth-order valence-corrected chi connectivity index (χ4v) is 3.11. The maximum Gasteiger partial charge on any atom is 0.347 e. The molecule has 1 aliphatic heterocycles. The molecule has 0 aromatic heterocycles. The molecule has 1 atom stereocenters. The van der Waals surface area contributed by atoms with E-state index in [1.54, 1.807) is 24.3 Å². The Labute approximate surface area is 147 Å². The molecule has 8 heteroatoms. The number of methoxy groups -OCH3 is 1. The van der Waals surface area contributed by atoms with Crippen LogP contribution >= 0.6 is 23.2 Å². The Kier molecular flexibility index (Phi) is 4.26. The number of nitrogens with one attached hydrogen (secondary N) is 1. The van der Waals surface area contributed by atoms with Crippen LogP contribution in [0.3, 0.4) is 0 Å². The van der Waals surface area contributed by atoms with Crippen LogP contribution in [-0.4, -0.2) is 30.3 Å². The first kappa shape index (κ1) is 16.4. The van der Waals surface area contributed by atoms with Crippen molar-refractivity contribution in [2.24, 2.45) is 0 Å². The van der Waals surface area contributed by atoms with Crippen molar-refractivity contribution in [1.29, 1.82) is 0 Å². The highest BCUT2D eigenvalue weighted by Crippen LogP contribution is 2.36. The smallest absolute Gasteiger partial charge is 0.347 e. The van der Waals surface area contributed by atoms with Crippen LogP contribution in [0.15, 0.2) is 36.4 Å². The molecule has 0 aliphatic carbocycles. The molecule has 1 heterocycles. The lowest BCUT2D eigenvalue weighted by Gasteiger charge is -2.35. The average molecular weight is 367 g/mol. The molecule has 1 amide bonds. The Balaban J connectivity index is 2.12. The summed E-state index contributed by atoms with van der Waals surface area (Å²) in [5.41, 5.74) is 0.862. The SMILES string of the molecule is COc1ccc(N2C(=O)c3c(Cl)cc(Cl)cc3NC2C(=O)O)cc1. The second kappa shape index (κ2) is 6.22. The number of amides is 1. The van der Waals surface area contributed by atoms with E-state index in [4.69, 9.17) is 27.9 Å². The van der Waals surface area contributed by atoms with Crippen LogP contribution < -0.4 is 15.0 Å². The average Bonchev–Trinajstić information content (AvgIpc) is 2.54. The third-order valence-electron chi connectivity index (χ3n) is 3.62. The van der Waals surface area contributed by atoms with Gasteiger partial charge in [0.2, 0.25) is 6.17 Å². The molecule has 2 aromatic rings. The standard InChI is InChI=1S/C16H12Cl2N2O4/c1-24-10-4-2-9(3-5-10)20-14(16(22)23)19-12-7-8(17)6-11(18)13(12)15(20)21/h2-7,14,19H,1H3,(H,22,23). The predicted octanol–water partition coefficient (Wildman–Crippen LogP) is 3.49. The van der Waals surface area contributed by atoms with Crippen molar-refractivity contribution in [2.45, 2.75) is 6.17 Å². The summed E-state index contributed by atoms with van der Waals surface area (Å²) in [6.45, 7) is 0. The van der Waals surface area contributed by atoms with E-state index in [0.717, 1.165) is 4.90 Å². The molecular formula is C16H12Cl2N2O4. The van der Waals surface area contributed by atoms with Crippen molar-refractivity contribution in [3.05, 3.63) is 52.0 Å². The topological polar surface area (TPSA) is 78.9 Å². The van der Waals surface area contributed by atoms with E-state index in [0.29, 0.717) is 16.5 Å². The number of hydrogen-bond acceptors (Lipinski definition) is 4. The Morgan fingerprint density at radius 1 is 1.25 bits per heavy atom. The molecule has 0 spiro atoms. The number of carbonyl (C=O) groups excluding carboxylic acids is 1. The highest BCUT2D eigenvalue weighted by molar-refractivity contribution is 6.38. The maximum atomic E-state index is 12.9. The van der Waals surface area contributed by atoms with Gasteiger partial charge in [0.15, 0.2) is 0 Å². The maximum absolute atomic E-state index is 12.9. The third-order valence-corrected chi connectivity index (χ3v) is 4.14. The molecule has 6 nitrogen and oxygen atoms in total. The first-order valence-electron chi connectivity index (χ1n) is 6.88. The van der Waals surface area contributed by atoms with E-state index >= 15 is 0 Å². The number of halogens is 2. The molecule has 1 unspecified atom stereocenters. The highest BCUT2D eigenvalue weighted by Gasteiger charge is 2.38. The summed E-state index contributed by atoms with van der Waals surface area (Å²) in [5, 5.41) is 12.8. The molecule has 2 N–H and O–H groups in total. The monoisotopic (exact) mass is 366 g/mol. The van der Waals surface area contributed by atoms with Crippen LogP contribution in [0, 0.1) is 0 Å². The van der Waals surface area contributed by atoms with Crippen LogP contribution in [-0.2, 0) is 4.79 Å². The molecule has 3 rings (SSSR count). The Hall–Kier alpha value is -2.44. The van der Waals surface area contributed by atoms with E-state index in [2.05, 4.69) is 5.32 Å². The summed E-state index contributed by atoms with van der Waals surface area (Å²) in [6.07, 6.45) is -1.28. The van der Waals surface area contributed by atoms with Crippen molar-refractivity contribution >= 4 is 46.5 Å². The number of hydrogen-bond donors (Lipinski definition) is 2. The van der Waals surface area contributed by atoms with Gasteiger partial charge in [-0.25, -0.2) is 4.79 Å². The molecule has 0 bridgehead atoms. The largest absolute Gasteiger partial charge is 0.497 e. The van der Waals surface area contributed by atoms with E-state index in [-0.39, 0.29) is 16.3 Å². The number of aliphatic carboxylic acids is 1. The number of benzene rings is 2. The number of rotatable bonds is 3. The predicted molar refractivity (Wildman–Crippen MR) is 91.3 cm³/mol. The van der Waals surface area contributed by atoms with Gasteiger partial charge in [-0.15, -0.1) is 0 Å². The van der Waals surface area contributed by atoms with Gasteiger partial charge >= 0.3 is 5.97 Å². The van der Waals surface area contributed by atoms with E-state index in [1.165, 1.54) is 19.2 Å². The van der Waals surface area contributed by atoms with Crippen LogP contribution in [0.2, 0.25) is 10.0 Å². The lowest BCUT2D eigenvalue weighted by Crippen LogP contribution is -2.53. The van der Waals surface area contributed by atoms with Crippen LogP contribution in [0.1, 0.15) is 10.4 Å². The molecule has 0 saturated carbocycles. The van der Waals surface area contributed by atoms with Crippen molar-refractivity contribution < 1.29 is 19.4 Å². The number of fused-ring (bicyclic) bond motifs is 1.